The van der Waals surface area contributed by atoms with Crippen molar-refractivity contribution in [3.8, 4) is 0 Å². The molecule has 2 aromatic heterocycles. The number of nitrogens with two attached hydrogens (primary N) is 1. The minimum Gasteiger partial charge on any atom is -0.324 e. The van der Waals surface area contributed by atoms with Gasteiger partial charge in [-0.15, -0.1) is 0 Å². The Balaban J connectivity index is 2.11. The van der Waals surface area contributed by atoms with E-state index in [4.69, 9.17) is 5.73 Å². The standard InChI is InChI=1S/C13H17N3/c1-9(14)11-5-6-12-7-15-13(16(12)8-11)10-3-2-4-10/h5-10H,2-4,14H2,1H3. The maximum Gasteiger partial charge on any atom is 0.116 e. The second-order valence-electron chi connectivity index (χ2n) is 4.79. The van der Waals surface area contributed by atoms with Crippen molar-refractivity contribution < 1.29 is 0 Å². The summed E-state index contributed by atoms with van der Waals surface area (Å²) in [4.78, 5) is 4.54. The van der Waals surface area contributed by atoms with E-state index < -0.39 is 0 Å². The lowest BCUT2D eigenvalue weighted by Gasteiger charge is -2.24. The average molecular weight is 215 g/mol. The van der Waals surface area contributed by atoms with E-state index in [0.717, 1.165) is 0 Å². The van der Waals surface area contributed by atoms with Crippen molar-refractivity contribution in [1.29, 1.82) is 0 Å². The zero-order chi connectivity index (χ0) is 11.1. The van der Waals surface area contributed by atoms with Crippen LogP contribution in [-0.4, -0.2) is 9.38 Å². The maximum absolute atomic E-state index is 5.91. The van der Waals surface area contributed by atoms with Crippen LogP contribution in [0.4, 0.5) is 0 Å². The lowest BCUT2D eigenvalue weighted by atomic mass is 9.85. The molecule has 16 heavy (non-hydrogen) atoms. The Morgan fingerprint density at radius 2 is 2.25 bits per heavy atom. The number of aromatic nitrogens is 2. The summed E-state index contributed by atoms with van der Waals surface area (Å²) in [5.74, 6) is 1.87. The number of hydrogen-bond acceptors (Lipinski definition) is 2. The molecule has 0 bridgehead atoms. The fourth-order valence-corrected chi connectivity index (χ4v) is 2.26. The molecule has 1 atom stereocenters. The Bertz CT molecular complexity index is 509. The predicted octanol–water partition coefficient (Wildman–Crippen LogP) is 2.62. The quantitative estimate of drug-likeness (QED) is 0.836. The molecule has 0 amide bonds. The molecule has 1 fully saturated rings. The van der Waals surface area contributed by atoms with Gasteiger partial charge in [0, 0.05) is 18.2 Å². The van der Waals surface area contributed by atoms with Gasteiger partial charge in [-0.2, -0.15) is 0 Å². The van der Waals surface area contributed by atoms with Gasteiger partial charge in [-0.25, -0.2) is 4.98 Å². The van der Waals surface area contributed by atoms with Crippen molar-refractivity contribution in [2.24, 2.45) is 5.73 Å². The first-order valence-electron chi connectivity index (χ1n) is 5.98. The first-order chi connectivity index (χ1) is 7.75. The molecule has 1 aliphatic carbocycles. The number of pyridine rings is 1. The van der Waals surface area contributed by atoms with E-state index in [0.29, 0.717) is 5.92 Å². The van der Waals surface area contributed by atoms with Gasteiger partial charge in [0.2, 0.25) is 0 Å². The molecule has 0 aliphatic heterocycles. The number of fused-ring (bicyclic) bond motifs is 1. The third-order valence-corrected chi connectivity index (χ3v) is 3.57. The normalized spacial score (nSPS) is 18.6. The first-order valence-corrected chi connectivity index (χ1v) is 5.98. The molecule has 3 nitrogen and oxygen atoms in total. The SMILES string of the molecule is CC(N)c1ccc2cnc(C3CCC3)n2c1. The third-order valence-electron chi connectivity index (χ3n) is 3.57. The molecule has 1 aliphatic rings. The van der Waals surface area contributed by atoms with Crippen LogP contribution in [0, 0.1) is 0 Å². The zero-order valence-corrected chi connectivity index (χ0v) is 9.56. The van der Waals surface area contributed by atoms with Crippen LogP contribution >= 0.6 is 0 Å². The highest BCUT2D eigenvalue weighted by Crippen LogP contribution is 2.35. The van der Waals surface area contributed by atoms with E-state index in [9.17, 15) is 0 Å². The Morgan fingerprint density at radius 3 is 2.88 bits per heavy atom. The minimum atomic E-state index is 0.0843. The van der Waals surface area contributed by atoms with E-state index in [2.05, 4.69) is 27.7 Å². The van der Waals surface area contributed by atoms with Crippen molar-refractivity contribution >= 4 is 5.52 Å². The molecule has 3 rings (SSSR count). The smallest absolute Gasteiger partial charge is 0.116 e. The highest BCUT2D eigenvalue weighted by Gasteiger charge is 2.23. The number of imidazole rings is 1. The van der Waals surface area contributed by atoms with E-state index in [-0.39, 0.29) is 6.04 Å². The van der Waals surface area contributed by atoms with Gasteiger partial charge in [-0.3, -0.25) is 0 Å². The summed E-state index contributed by atoms with van der Waals surface area (Å²) in [6.07, 6.45) is 7.99. The van der Waals surface area contributed by atoms with Crippen LogP contribution in [0.2, 0.25) is 0 Å². The molecule has 3 heteroatoms. The van der Waals surface area contributed by atoms with Crippen LogP contribution in [0.1, 0.15) is 49.5 Å². The molecule has 0 saturated heterocycles. The number of hydrogen-bond donors (Lipinski definition) is 1. The third kappa shape index (κ3) is 1.43. The van der Waals surface area contributed by atoms with Gasteiger partial charge in [0.25, 0.3) is 0 Å². The predicted molar refractivity (Wildman–Crippen MR) is 64.4 cm³/mol. The second-order valence-corrected chi connectivity index (χ2v) is 4.79. The summed E-state index contributed by atoms with van der Waals surface area (Å²) in [6, 6.07) is 4.28. The molecule has 2 aromatic rings. The molecule has 0 aromatic carbocycles. The van der Waals surface area contributed by atoms with Gasteiger partial charge in [0.15, 0.2) is 0 Å². The van der Waals surface area contributed by atoms with Crippen LogP contribution in [0.15, 0.2) is 24.5 Å². The van der Waals surface area contributed by atoms with Crippen molar-refractivity contribution in [1.82, 2.24) is 9.38 Å². The van der Waals surface area contributed by atoms with Crippen molar-refractivity contribution in [3.63, 3.8) is 0 Å². The molecule has 1 saturated carbocycles. The molecule has 2 heterocycles. The van der Waals surface area contributed by atoms with E-state index >= 15 is 0 Å². The molecule has 1 unspecified atom stereocenters. The molecule has 0 radical (unpaired) electrons. The summed E-state index contributed by atoms with van der Waals surface area (Å²) in [6.45, 7) is 2.01. The molecular formula is C13H17N3. The van der Waals surface area contributed by atoms with E-state index in [1.54, 1.807) is 0 Å². The van der Waals surface area contributed by atoms with Gasteiger partial charge in [0.05, 0.1) is 11.7 Å². The molecular weight excluding hydrogens is 198 g/mol. The van der Waals surface area contributed by atoms with Crippen molar-refractivity contribution in [3.05, 3.63) is 35.9 Å². The summed E-state index contributed by atoms with van der Waals surface area (Å²) in [5, 5.41) is 0. The molecule has 2 N–H and O–H groups in total. The van der Waals surface area contributed by atoms with E-state index in [1.807, 2.05) is 13.1 Å². The second kappa shape index (κ2) is 3.59. The number of nitrogens with zero attached hydrogens (tertiary/aromatic N) is 2. The highest BCUT2D eigenvalue weighted by molar-refractivity contribution is 5.48. The van der Waals surface area contributed by atoms with Gasteiger partial charge < -0.3 is 10.1 Å². The van der Waals surface area contributed by atoms with Gasteiger partial charge in [-0.1, -0.05) is 12.5 Å². The summed E-state index contributed by atoms with van der Waals surface area (Å²) in [7, 11) is 0. The van der Waals surface area contributed by atoms with Crippen LogP contribution in [0.25, 0.3) is 5.52 Å². The highest BCUT2D eigenvalue weighted by atomic mass is 15.0. The molecule has 84 valence electrons. The molecule has 0 spiro atoms. The largest absolute Gasteiger partial charge is 0.324 e. The Hall–Kier alpha value is -1.35. The van der Waals surface area contributed by atoms with Gasteiger partial charge in [-0.05, 0) is 31.4 Å². The Kier molecular flexibility index (Phi) is 2.21. The zero-order valence-electron chi connectivity index (χ0n) is 9.56. The average Bonchev–Trinajstić information content (AvgIpc) is 2.59. The van der Waals surface area contributed by atoms with Crippen molar-refractivity contribution in [2.75, 3.05) is 0 Å². The first kappa shape index (κ1) is 9.85. The monoisotopic (exact) mass is 215 g/mol. The Morgan fingerprint density at radius 1 is 1.44 bits per heavy atom. The van der Waals surface area contributed by atoms with Crippen LogP contribution in [-0.2, 0) is 0 Å². The van der Waals surface area contributed by atoms with Crippen molar-refractivity contribution in [2.45, 2.75) is 38.1 Å². The van der Waals surface area contributed by atoms with Gasteiger partial charge >= 0.3 is 0 Å². The van der Waals surface area contributed by atoms with E-state index in [1.165, 1.54) is 36.2 Å². The summed E-state index contributed by atoms with van der Waals surface area (Å²) in [5.41, 5.74) is 8.26. The van der Waals surface area contributed by atoms with Gasteiger partial charge in [0.1, 0.15) is 5.82 Å². The summed E-state index contributed by atoms with van der Waals surface area (Å²) >= 11 is 0. The fourth-order valence-electron chi connectivity index (χ4n) is 2.26. The lowest BCUT2D eigenvalue weighted by molar-refractivity contribution is 0.400. The topological polar surface area (TPSA) is 43.3 Å². The van der Waals surface area contributed by atoms with Crippen LogP contribution in [0.3, 0.4) is 0 Å². The fraction of sp³-hybridized carbons (Fsp3) is 0.462. The van der Waals surface area contributed by atoms with Crippen LogP contribution < -0.4 is 5.73 Å². The van der Waals surface area contributed by atoms with Crippen LogP contribution in [0.5, 0.6) is 0 Å². The lowest BCUT2D eigenvalue weighted by Crippen LogP contribution is -2.13. The summed E-state index contributed by atoms with van der Waals surface area (Å²) < 4.78 is 2.21. The Labute approximate surface area is 95.3 Å². The number of rotatable bonds is 2. The minimum absolute atomic E-state index is 0.0843. The maximum atomic E-state index is 5.91.